The quantitative estimate of drug-likeness (QED) is 0.837. The van der Waals surface area contributed by atoms with Crippen molar-refractivity contribution in [2.75, 3.05) is 6.54 Å². The summed E-state index contributed by atoms with van der Waals surface area (Å²) in [4.78, 5) is 10.0. The molecule has 0 aliphatic carbocycles. The molecule has 1 atom stereocenters. The maximum Gasteiger partial charge on any atom is 0.169 e. The summed E-state index contributed by atoms with van der Waals surface area (Å²) in [6.07, 6.45) is 2.72. The molecular weight excluding hydrogens is 280 g/mol. The van der Waals surface area contributed by atoms with Crippen LogP contribution in [0.4, 0.5) is 0 Å². The molecule has 0 bridgehead atoms. The molecule has 3 rings (SSSR count). The third-order valence-electron chi connectivity index (χ3n) is 3.71. The topological polar surface area (TPSA) is 44.0 Å². The molecule has 0 saturated heterocycles. The number of aromatic nitrogens is 2. The van der Waals surface area contributed by atoms with Crippen LogP contribution in [0.1, 0.15) is 36.8 Å². The summed E-state index contributed by atoms with van der Waals surface area (Å²) in [5.41, 5.74) is 3.52. The molecule has 0 spiro atoms. The van der Waals surface area contributed by atoms with Gasteiger partial charge in [-0.15, -0.1) is 0 Å². The minimum atomic E-state index is 0.0833. The number of hydrogen-bond acceptors (Lipinski definition) is 2. The van der Waals surface area contributed by atoms with E-state index in [0.29, 0.717) is 6.04 Å². The number of imidazole rings is 1. The number of thiocarbonyl (C=S) groups is 1. The Morgan fingerprint density at radius 2 is 2.14 bits per heavy atom. The number of rotatable bonds is 2. The van der Waals surface area contributed by atoms with E-state index in [1.165, 1.54) is 11.3 Å². The number of H-pyrrole nitrogens is 1. The molecule has 0 radical (unpaired) electrons. The van der Waals surface area contributed by atoms with Crippen LogP contribution >= 0.6 is 12.2 Å². The molecule has 1 aromatic heterocycles. The Morgan fingerprint density at radius 1 is 1.38 bits per heavy atom. The Bertz CT molecular complexity index is 620. The maximum atomic E-state index is 5.61. The number of nitrogens with zero attached hydrogens (tertiary/aromatic N) is 2. The van der Waals surface area contributed by atoms with Crippen LogP contribution in [0.2, 0.25) is 0 Å². The van der Waals surface area contributed by atoms with E-state index < -0.39 is 0 Å². The molecule has 1 aliphatic rings. The molecule has 21 heavy (non-hydrogen) atoms. The Balaban J connectivity index is 1.98. The van der Waals surface area contributed by atoms with Gasteiger partial charge < -0.3 is 15.2 Å². The second-order valence-corrected chi connectivity index (χ2v) is 6.01. The van der Waals surface area contributed by atoms with Crippen molar-refractivity contribution in [1.82, 2.24) is 20.2 Å². The van der Waals surface area contributed by atoms with E-state index in [1.807, 2.05) is 6.07 Å². The fourth-order valence-corrected chi connectivity index (χ4v) is 3.23. The van der Waals surface area contributed by atoms with Gasteiger partial charge in [-0.05, 0) is 31.6 Å². The lowest BCUT2D eigenvalue weighted by Gasteiger charge is -2.37. The third kappa shape index (κ3) is 2.78. The van der Waals surface area contributed by atoms with Gasteiger partial charge in [0.25, 0.3) is 0 Å². The summed E-state index contributed by atoms with van der Waals surface area (Å²) in [5.74, 6) is 0. The lowest BCUT2D eigenvalue weighted by Crippen LogP contribution is -2.47. The number of benzene rings is 1. The van der Waals surface area contributed by atoms with Crippen molar-refractivity contribution < 1.29 is 0 Å². The normalized spacial score (nSPS) is 17.7. The second-order valence-electron chi connectivity index (χ2n) is 5.63. The van der Waals surface area contributed by atoms with Crippen molar-refractivity contribution in [2.24, 2.45) is 0 Å². The van der Waals surface area contributed by atoms with E-state index in [-0.39, 0.29) is 6.04 Å². The molecule has 1 aromatic carbocycles. The summed E-state index contributed by atoms with van der Waals surface area (Å²) in [6.45, 7) is 5.11. The van der Waals surface area contributed by atoms with Gasteiger partial charge in [-0.3, -0.25) is 0 Å². The summed E-state index contributed by atoms with van der Waals surface area (Å²) >= 11 is 5.61. The van der Waals surface area contributed by atoms with Crippen molar-refractivity contribution in [3.8, 4) is 0 Å². The fraction of sp³-hybridized carbons (Fsp3) is 0.375. The Hall–Kier alpha value is -1.88. The average molecular weight is 300 g/mol. The summed E-state index contributed by atoms with van der Waals surface area (Å²) in [6, 6.07) is 10.8. The molecule has 110 valence electrons. The standard InChI is InChI=1S/C16H20N4S/c1-11(2)19-16(21)20-9-8-13-14(18-10-17-13)15(20)12-6-4-3-5-7-12/h3-7,10-11,15H,8-9H2,1-2H3,(H,17,18)(H,19,21). The zero-order chi connectivity index (χ0) is 14.8. The van der Waals surface area contributed by atoms with Gasteiger partial charge in [0, 0.05) is 24.7 Å². The van der Waals surface area contributed by atoms with E-state index in [0.717, 1.165) is 23.8 Å². The second kappa shape index (κ2) is 5.85. The van der Waals surface area contributed by atoms with Gasteiger partial charge in [0.1, 0.15) is 6.04 Å². The molecule has 0 fully saturated rings. The average Bonchev–Trinajstić information content (AvgIpc) is 2.94. The molecule has 4 nitrogen and oxygen atoms in total. The van der Waals surface area contributed by atoms with Crippen LogP contribution in [-0.2, 0) is 6.42 Å². The van der Waals surface area contributed by atoms with Crippen molar-refractivity contribution in [3.63, 3.8) is 0 Å². The Labute approximate surface area is 130 Å². The zero-order valence-corrected chi connectivity index (χ0v) is 13.2. The monoisotopic (exact) mass is 300 g/mol. The van der Waals surface area contributed by atoms with E-state index >= 15 is 0 Å². The van der Waals surface area contributed by atoms with Gasteiger partial charge >= 0.3 is 0 Å². The smallest absolute Gasteiger partial charge is 0.169 e. The van der Waals surface area contributed by atoms with Gasteiger partial charge in [-0.25, -0.2) is 4.98 Å². The maximum absolute atomic E-state index is 5.61. The van der Waals surface area contributed by atoms with Gasteiger partial charge in [-0.2, -0.15) is 0 Å². The SMILES string of the molecule is CC(C)NC(=S)N1CCc2[nH]cnc2C1c1ccccc1. The first-order chi connectivity index (χ1) is 10.2. The first-order valence-corrected chi connectivity index (χ1v) is 7.72. The van der Waals surface area contributed by atoms with Gasteiger partial charge in [0.05, 0.1) is 12.0 Å². The Kier molecular flexibility index (Phi) is 3.92. The van der Waals surface area contributed by atoms with E-state index in [9.17, 15) is 0 Å². The lowest BCUT2D eigenvalue weighted by molar-refractivity contribution is 0.324. The number of aromatic amines is 1. The Morgan fingerprint density at radius 3 is 2.86 bits per heavy atom. The molecule has 1 aliphatic heterocycles. The molecule has 5 heteroatoms. The van der Waals surface area contributed by atoms with Crippen LogP contribution in [0, 0.1) is 0 Å². The predicted molar refractivity (Wildman–Crippen MR) is 88.2 cm³/mol. The van der Waals surface area contributed by atoms with Crippen LogP contribution in [0.25, 0.3) is 0 Å². The predicted octanol–water partition coefficient (Wildman–Crippen LogP) is 2.64. The van der Waals surface area contributed by atoms with Crippen LogP contribution in [0.5, 0.6) is 0 Å². The van der Waals surface area contributed by atoms with Crippen molar-refractivity contribution >= 4 is 17.3 Å². The molecule has 2 aromatic rings. The minimum absolute atomic E-state index is 0.0833. The summed E-state index contributed by atoms with van der Waals surface area (Å²) < 4.78 is 0. The van der Waals surface area contributed by atoms with Gasteiger partial charge in [-0.1, -0.05) is 30.3 Å². The van der Waals surface area contributed by atoms with E-state index in [4.69, 9.17) is 12.2 Å². The molecule has 0 amide bonds. The highest BCUT2D eigenvalue weighted by atomic mass is 32.1. The van der Waals surface area contributed by atoms with Crippen LogP contribution < -0.4 is 5.32 Å². The van der Waals surface area contributed by atoms with Crippen LogP contribution in [0.3, 0.4) is 0 Å². The first kappa shape index (κ1) is 14.1. The molecular formula is C16H20N4S. The third-order valence-corrected chi connectivity index (χ3v) is 4.07. The summed E-state index contributed by atoms with van der Waals surface area (Å²) in [5, 5.41) is 4.15. The fourth-order valence-electron chi connectivity index (χ4n) is 2.80. The number of nitrogens with one attached hydrogen (secondary N) is 2. The highest BCUT2D eigenvalue weighted by molar-refractivity contribution is 7.80. The van der Waals surface area contributed by atoms with E-state index in [1.54, 1.807) is 6.33 Å². The van der Waals surface area contributed by atoms with Crippen LogP contribution in [0.15, 0.2) is 36.7 Å². The van der Waals surface area contributed by atoms with Gasteiger partial charge in [0.2, 0.25) is 0 Å². The largest absolute Gasteiger partial charge is 0.360 e. The van der Waals surface area contributed by atoms with Crippen molar-refractivity contribution in [2.45, 2.75) is 32.4 Å². The van der Waals surface area contributed by atoms with Crippen molar-refractivity contribution in [1.29, 1.82) is 0 Å². The molecule has 1 unspecified atom stereocenters. The molecule has 0 saturated carbocycles. The minimum Gasteiger partial charge on any atom is -0.360 e. The molecule has 2 N–H and O–H groups in total. The van der Waals surface area contributed by atoms with Gasteiger partial charge in [0.15, 0.2) is 5.11 Å². The highest BCUT2D eigenvalue weighted by Crippen LogP contribution is 2.33. The number of fused-ring (bicyclic) bond motifs is 1. The van der Waals surface area contributed by atoms with Crippen LogP contribution in [-0.4, -0.2) is 32.6 Å². The van der Waals surface area contributed by atoms with E-state index in [2.05, 4.69) is 58.3 Å². The number of hydrogen-bond donors (Lipinski definition) is 2. The molecule has 2 heterocycles. The first-order valence-electron chi connectivity index (χ1n) is 7.31. The zero-order valence-electron chi connectivity index (χ0n) is 12.3. The lowest BCUT2D eigenvalue weighted by atomic mass is 9.96. The highest BCUT2D eigenvalue weighted by Gasteiger charge is 2.32. The summed E-state index contributed by atoms with van der Waals surface area (Å²) in [7, 11) is 0. The van der Waals surface area contributed by atoms with Crippen molar-refractivity contribution in [3.05, 3.63) is 53.6 Å².